The molecule has 0 aliphatic carbocycles. The van der Waals surface area contributed by atoms with Gasteiger partial charge in [0.1, 0.15) is 18.8 Å². The Balaban J connectivity index is 2.02. The molecule has 1 aromatic heterocycles. The van der Waals surface area contributed by atoms with Gasteiger partial charge in [-0.2, -0.15) is 0 Å². The van der Waals surface area contributed by atoms with E-state index in [4.69, 9.17) is 14.2 Å². The molecule has 0 radical (unpaired) electrons. The maximum absolute atomic E-state index is 13.2. The van der Waals surface area contributed by atoms with Crippen molar-refractivity contribution in [1.29, 1.82) is 0 Å². The Morgan fingerprint density at radius 2 is 1.59 bits per heavy atom. The summed E-state index contributed by atoms with van der Waals surface area (Å²) in [5, 5.41) is 2.67. The van der Waals surface area contributed by atoms with E-state index < -0.39 is 23.7 Å². The second kappa shape index (κ2) is 21.9. The monoisotopic (exact) mass is 617 g/mol. The van der Waals surface area contributed by atoms with Crippen molar-refractivity contribution in [3.63, 3.8) is 0 Å². The number of amides is 3. The Labute approximate surface area is 266 Å². The van der Waals surface area contributed by atoms with E-state index in [1.165, 1.54) is 71.1 Å². The van der Waals surface area contributed by atoms with Crippen molar-refractivity contribution in [3.8, 4) is 0 Å². The van der Waals surface area contributed by atoms with Crippen molar-refractivity contribution in [3.05, 3.63) is 30.1 Å². The third-order valence-electron chi connectivity index (χ3n) is 8.76. The fourth-order valence-electron chi connectivity index (χ4n) is 6.35. The van der Waals surface area contributed by atoms with Crippen LogP contribution in [0.1, 0.15) is 130 Å². The van der Waals surface area contributed by atoms with Crippen LogP contribution in [0, 0.1) is 11.8 Å². The van der Waals surface area contributed by atoms with Gasteiger partial charge >= 0.3 is 12.2 Å². The molecule has 44 heavy (non-hydrogen) atoms. The van der Waals surface area contributed by atoms with Gasteiger partial charge in [-0.1, -0.05) is 110 Å². The quantitative estimate of drug-likeness (QED) is 0.131. The highest BCUT2D eigenvalue weighted by atomic mass is 16.6. The van der Waals surface area contributed by atoms with Gasteiger partial charge in [0, 0.05) is 26.3 Å². The maximum Gasteiger partial charge on any atom is 0.416 e. The molecule has 0 bridgehead atoms. The lowest BCUT2D eigenvalue weighted by atomic mass is 9.74. The molecule has 9 nitrogen and oxygen atoms in total. The minimum Gasteiger partial charge on any atom is -0.446 e. The minimum atomic E-state index is -0.966. The van der Waals surface area contributed by atoms with Gasteiger partial charge in [0.2, 0.25) is 5.91 Å². The summed E-state index contributed by atoms with van der Waals surface area (Å²) in [6, 6.07) is 5.34. The number of nitrogens with one attached hydrogen (secondary N) is 1. The Kier molecular flexibility index (Phi) is 18.7. The first-order chi connectivity index (χ1) is 21.4. The van der Waals surface area contributed by atoms with Gasteiger partial charge in [-0.25, -0.2) is 14.5 Å². The molecule has 0 spiro atoms. The molecule has 1 aliphatic rings. The molecule has 3 amide bonds. The summed E-state index contributed by atoms with van der Waals surface area (Å²) in [6.07, 6.45) is 18.6. The van der Waals surface area contributed by atoms with Gasteiger partial charge in [0.25, 0.3) is 0 Å². The largest absolute Gasteiger partial charge is 0.446 e. The summed E-state index contributed by atoms with van der Waals surface area (Å²) in [5.41, 5.74) is -0.384. The summed E-state index contributed by atoms with van der Waals surface area (Å²) >= 11 is 0. The van der Waals surface area contributed by atoms with Crippen LogP contribution in [-0.2, 0) is 25.5 Å². The first-order valence-electron chi connectivity index (χ1n) is 17.3. The molecule has 9 heteroatoms. The number of ether oxygens (including phenoxy) is 3. The topological polar surface area (TPSA) is 107 Å². The SMILES string of the molecule is CCCCCCCCCCCCCC(CCC)[C@H]1CCO[C@]1(COC(=O)NCC)COC(=O)N(Cc1ccccn1)C(C)=O. The number of unbranched alkanes of at least 4 members (excludes halogenated alkanes) is 10. The van der Waals surface area contributed by atoms with Crippen LogP contribution < -0.4 is 5.32 Å². The van der Waals surface area contributed by atoms with E-state index in [1.54, 1.807) is 24.4 Å². The van der Waals surface area contributed by atoms with Gasteiger partial charge < -0.3 is 19.5 Å². The number of alkyl carbamates (subject to hydrolysis) is 1. The van der Waals surface area contributed by atoms with Gasteiger partial charge in [-0.15, -0.1) is 0 Å². The predicted octanol–water partition coefficient (Wildman–Crippen LogP) is 8.21. The third kappa shape index (κ3) is 13.5. The summed E-state index contributed by atoms with van der Waals surface area (Å²) in [7, 11) is 0. The van der Waals surface area contributed by atoms with Crippen molar-refractivity contribution in [1.82, 2.24) is 15.2 Å². The van der Waals surface area contributed by atoms with Crippen LogP contribution in [0.2, 0.25) is 0 Å². The van der Waals surface area contributed by atoms with E-state index in [0.717, 1.165) is 37.0 Å². The zero-order chi connectivity index (χ0) is 32.0. The van der Waals surface area contributed by atoms with Gasteiger partial charge in [0.05, 0.1) is 12.2 Å². The minimum absolute atomic E-state index is 0.0129. The van der Waals surface area contributed by atoms with Crippen LogP contribution in [0.3, 0.4) is 0 Å². The van der Waals surface area contributed by atoms with Gasteiger partial charge in [-0.05, 0) is 37.3 Å². The molecule has 0 aromatic carbocycles. The smallest absolute Gasteiger partial charge is 0.416 e. The summed E-state index contributed by atoms with van der Waals surface area (Å²) in [6.45, 7) is 8.46. The number of carbonyl (C=O) groups is 3. The van der Waals surface area contributed by atoms with E-state index in [9.17, 15) is 14.4 Å². The van der Waals surface area contributed by atoms with E-state index in [1.807, 2.05) is 6.92 Å². The maximum atomic E-state index is 13.2. The molecule has 1 aromatic rings. The number of hydrogen-bond acceptors (Lipinski definition) is 7. The second-order valence-corrected chi connectivity index (χ2v) is 12.3. The summed E-state index contributed by atoms with van der Waals surface area (Å²) in [4.78, 5) is 43.2. The average molecular weight is 618 g/mol. The molecular weight excluding hydrogens is 558 g/mol. The zero-order valence-corrected chi connectivity index (χ0v) is 28.0. The number of aromatic nitrogens is 1. The van der Waals surface area contributed by atoms with E-state index >= 15 is 0 Å². The number of imide groups is 1. The van der Waals surface area contributed by atoms with Crippen molar-refractivity contribution in [2.24, 2.45) is 11.8 Å². The molecule has 1 fully saturated rings. The second-order valence-electron chi connectivity index (χ2n) is 12.3. The molecule has 3 atom stereocenters. The molecule has 1 saturated heterocycles. The summed E-state index contributed by atoms with van der Waals surface area (Å²) < 4.78 is 17.7. The standard InChI is InChI=1S/C35H59N3O6/c1-5-8-9-10-11-12-13-14-15-16-17-21-30(20-6-2)32-23-25-44-35(32,27-42-33(40)36-7-3)28-43-34(41)38(29(4)39)26-31-22-18-19-24-37-31/h18-19,22,24,30,32H,5-17,20-21,23,25-28H2,1-4H3,(H,36,40)/t30?,32-,35-/m1/s1. The highest BCUT2D eigenvalue weighted by Gasteiger charge is 2.50. The molecule has 2 heterocycles. The molecule has 250 valence electrons. The third-order valence-corrected chi connectivity index (χ3v) is 8.76. The van der Waals surface area contributed by atoms with Crippen molar-refractivity contribution in [2.75, 3.05) is 26.4 Å². The van der Waals surface area contributed by atoms with E-state index in [-0.39, 0.29) is 25.7 Å². The van der Waals surface area contributed by atoms with Crippen LogP contribution in [-0.4, -0.2) is 59.9 Å². The highest BCUT2D eigenvalue weighted by molar-refractivity contribution is 5.90. The van der Waals surface area contributed by atoms with Crippen molar-refractivity contribution in [2.45, 2.75) is 136 Å². The lowest BCUT2D eigenvalue weighted by Gasteiger charge is -2.38. The summed E-state index contributed by atoms with van der Waals surface area (Å²) in [5.74, 6) is -0.0121. The molecule has 1 unspecified atom stereocenters. The van der Waals surface area contributed by atoms with E-state index in [0.29, 0.717) is 24.8 Å². The molecule has 0 saturated carbocycles. The van der Waals surface area contributed by atoms with Crippen LogP contribution in [0.15, 0.2) is 24.4 Å². The Morgan fingerprint density at radius 3 is 2.18 bits per heavy atom. The normalized spacial score (nSPS) is 18.5. The number of hydrogen-bond donors (Lipinski definition) is 1. The van der Waals surface area contributed by atoms with E-state index in [2.05, 4.69) is 24.1 Å². The Bertz CT molecular complexity index is 946. The number of nitrogens with zero attached hydrogens (tertiary/aromatic N) is 2. The fraction of sp³-hybridized carbons (Fsp3) is 0.771. The first-order valence-corrected chi connectivity index (χ1v) is 17.3. The lowest BCUT2D eigenvalue weighted by Crippen LogP contribution is -2.50. The average Bonchev–Trinajstić information content (AvgIpc) is 3.44. The Hall–Kier alpha value is -2.68. The van der Waals surface area contributed by atoms with Crippen molar-refractivity contribution >= 4 is 18.1 Å². The number of rotatable bonds is 22. The van der Waals surface area contributed by atoms with Crippen molar-refractivity contribution < 1.29 is 28.6 Å². The van der Waals surface area contributed by atoms with Crippen LogP contribution >= 0.6 is 0 Å². The molecule has 1 N–H and O–H groups in total. The lowest BCUT2D eigenvalue weighted by molar-refractivity contribution is -0.131. The van der Waals surface area contributed by atoms with Gasteiger partial charge in [0.15, 0.2) is 0 Å². The molecule has 2 rings (SSSR count). The fourth-order valence-corrected chi connectivity index (χ4v) is 6.35. The zero-order valence-electron chi connectivity index (χ0n) is 28.0. The highest BCUT2D eigenvalue weighted by Crippen LogP contribution is 2.42. The van der Waals surface area contributed by atoms with Crippen LogP contribution in [0.25, 0.3) is 0 Å². The Morgan fingerprint density at radius 1 is 0.932 bits per heavy atom. The van der Waals surface area contributed by atoms with Crippen LogP contribution in [0.5, 0.6) is 0 Å². The predicted molar refractivity (Wildman–Crippen MR) is 173 cm³/mol. The van der Waals surface area contributed by atoms with Gasteiger partial charge in [-0.3, -0.25) is 9.78 Å². The molecule has 1 aliphatic heterocycles. The number of pyridine rings is 1. The van der Waals surface area contributed by atoms with Crippen LogP contribution in [0.4, 0.5) is 9.59 Å². The number of carbonyl (C=O) groups excluding carboxylic acids is 3. The molecular formula is C35H59N3O6. The first kappa shape index (κ1) is 37.5.